The van der Waals surface area contributed by atoms with Gasteiger partial charge < -0.3 is 65.6 Å². The molecule has 4 unspecified atom stereocenters. The van der Waals surface area contributed by atoms with Gasteiger partial charge in [0.2, 0.25) is 11.8 Å². The number of hydrogen-bond donors (Lipinski definition) is 9. The molecule has 0 radical (unpaired) electrons. The number of pyridine rings is 1. The Bertz CT molecular complexity index is 3240. The van der Waals surface area contributed by atoms with Gasteiger partial charge in [0, 0.05) is 57.7 Å². The van der Waals surface area contributed by atoms with Crippen molar-refractivity contribution >= 4 is 58.6 Å². The zero-order valence-electron chi connectivity index (χ0n) is 67.8. The molecule has 1 aliphatic rings. The molecule has 2 aromatic carbocycles. The zero-order valence-corrected chi connectivity index (χ0v) is 69.5. The third-order valence-electron chi connectivity index (χ3n) is 19.8. The van der Waals surface area contributed by atoms with E-state index in [-0.39, 0.29) is 100 Å². The third kappa shape index (κ3) is 43.6. The maximum absolute atomic E-state index is 13.7. The summed E-state index contributed by atoms with van der Waals surface area (Å²) in [6.07, 6.45) is 38.7. The molecular formula is C82H141N8O18PS. The van der Waals surface area contributed by atoms with E-state index in [1.54, 1.807) is 26.0 Å². The van der Waals surface area contributed by atoms with Crippen LogP contribution in [0.4, 0.5) is 17.2 Å². The summed E-state index contributed by atoms with van der Waals surface area (Å²) in [5.74, 6) is -1.38. The fraction of sp³-hybridized carbons (Fsp3) is 0.768. The number of aryl methyl sites for hydroxylation is 4. The lowest BCUT2D eigenvalue weighted by molar-refractivity contribution is -0.166. The smallest absolute Gasteiger partial charge is 0.472 e. The molecule has 1 aliphatic heterocycles. The number of nitrogens with one attached hydrogen (secondary N) is 7. The molecule has 2 heterocycles. The number of amides is 2. The largest absolute Gasteiger partial charge is 0.494 e. The summed E-state index contributed by atoms with van der Waals surface area (Å²) >= 11 is 0. The number of phosphoric acid groups is 1. The number of carbonyl (C=O) groups is 4. The van der Waals surface area contributed by atoms with E-state index in [2.05, 4.69) is 57.1 Å². The average molecular weight is 1590 g/mol. The van der Waals surface area contributed by atoms with Crippen molar-refractivity contribution in [2.24, 2.45) is 0 Å². The first-order valence-electron chi connectivity index (χ1n) is 42.0. The molecule has 0 spiro atoms. The monoisotopic (exact) mass is 1590 g/mol. The maximum Gasteiger partial charge on any atom is 0.472 e. The van der Waals surface area contributed by atoms with E-state index in [9.17, 15) is 51.8 Å². The first kappa shape index (κ1) is 96.8. The molecule has 4 rings (SSSR count). The Hall–Kier alpha value is -5.61. The second-order valence-corrected chi connectivity index (χ2v) is 33.0. The van der Waals surface area contributed by atoms with Crippen LogP contribution < -0.4 is 52.8 Å². The quantitative estimate of drug-likeness (QED) is 0.00833. The number of aliphatic hydroxyl groups excluding tert-OH is 1. The number of ether oxygens (including phenoxy) is 5. The minimum Gasteiger partial charge on any atom is -0.494 e. The standard InChI is InChI=1S/C82H141N8O18PS/c1-7-9-11-13-15-17-19-21-23-25-27-29-31-33-35-45-73(93)105-61-70(108-74(94)46-36-34-32-30-28-26-24-22-20-18-16-14-12-10-8-2)62-107-109(98,99)106-58-54-83-51-49-66(5)103-57-55-86-76-75(77(95)78(76)96)85-53-52-84-71(91)44-40-56-104-69-59-64(3)79(65(4)60-69)110(100,101)63-88-81(82(97)102-6)90-72(92)43-38-37-42-68-48-47-67-41-39-50-87-80(67)89-68/h47-48,59-60,66,70,73,81,83,85-86,88,93H,7-46,49-58,61-63H2,1-6H3,(H,84,91)(H,87,89)(H,90,92)(H,98,99)/t66?,70?,73-,81?/m1/s1. The van der Waals surface area contributed by atoms with Crippen molar-refractivity contribution in [3.05, 3.63) is 67.1 Å². The number of nitrogens with zero attached hydrogens (tertiary/aromatic N) is 1. The summed E-state index contributed by atoms with van der Waals surface area (Å²) < 4.78 is 78.9. The predicted octanol–water partition coefficient (Wildman–Crippen LogP) is 14.1. The lowest BCUT2D eigenvalue weighted by atomic mass is 10.0. The molecule has 3 aromatic rings. The van der Waals surface area contributed by atoms with Crippen LogP contribution in [0.25, 0.3) is 0 Å². The van der Waals surface area contributed by atoms with E-state index in [0.717, 1.165) is 76.5 Å². The molecule has 0 bridgehead atoms. The molecule has 5 atom stereocenters. The number of rotatable bonds is 71. The first-order valence-corrected chi connectivity index (χ1v) is 45.1. The van der Waals surface area contributed by atoms with Gasteiger partial charge in [-0.3, -0.25) is 38.3 Å². The van der Waals surface area contributed by atoms with Crippen LogP contribution in [0.3, 0.4) is 0 Å². The van der Waals surface area contributed by atoms with E-state index in [4.69, 9.17) is 37.7 Å². The van der Waals surface area contributed by atoms with Gasteiger partial charge in [0.15, 0.2) is 22.3 Å². The molecule has 628 valence electrons. The number of anilines is 3. The van der Waals surface area contributed by atoms with Crippen molar-refractivity contribution in [3.8, 4) is 5.75 Å². The normalized spacial score (nSPS) is 13.9. The van der Waals surface area contributed by atoms with Gasteiger partial charge in [-0.15, -0.1) is 0 Å². The number of sulfone groups is 1. The molecule has 26 nitrogen and oxygen atoms in total. The van der Waals surface area contributed by atoms with Gasteiger partial charge in [-0.1, -0.05) is 200 Å². The number of aromatic nitrogens is 1. The van der Waals surface area contributed by atoms with Gasteiger partial charge >= 0.3 is 19.8 Å². The molecular weight excluding hydrogens is 1450 g/mol. The van der Waals surface area contributed by atoms with E-state index >= 15 is 0 Å². The summed E-state index contributed by atoms with van der Waals surface area (Å²) in [4.78, 5) is 91.4. The number of methoxy groups -OCH3 is 1. The van der Waals surface area contributed by atoms with Crippen molar-refractivity contribution in [2.75, 3.05) is 101 Å². The van der Waals surface area contributed by atoms with Crippen LogP contribution in [0, 0.1) is 13.8 Å². The SMILES string of the molecule is CCCCCCCCCCCCCCCCCC(=O)OC(CO[C@@H](O)CCCCCCCCCCCCCCCCC)COP(=O)(O)OCCNCCC(C)OCCNc1c(NCCNC(=O)CCCOc2cc(C)c(S(=O)(=O)CNC(NC(=O)CCCCc3ccc4c(n3)NCCC4)C(=O)OC)c(C)c2)c(=O)c1=O. The van der Waals surface area contributed by atoms with Crippen LogP contribution >= 0.6 is 7.82 Å². The Morgan fingerprint density at radius 2 is 1.17 bits per heavy atom. The lowest BCUT2D eigenvalue weighted by Gasteiger charge is -2.21. The van der Waals surface area contributed by atoms with Crippen molar-refractivity contribution in [2.45, 2.75) is 327 Å². The average Bonchev–Trinajstić information content (AvgIpc) is 0.795. The third-order valence-corrected chi connectivity index (χ3v) is 22.6. The number of unbranched alkanes of at least 4 members (excludes halogenated alkanes) is 29. The Balaban J connectivity index is 1.06. The van der Waals surface area contributed by atoms with Crippen molar-refractivity contribution in [1.82, 2.24) is 26.3 Å². The minimum atomic E-state index is -4.57. The molecule has 0 fully saturated rings. The summed E-state index contributed by atoms with van der Waals surface area (Å²) in [6.45, 7) is 11.3. The lowest BCUT2D eigenvalue weighted by Crippen LogP contribution is -2.52. The maximum atomic E-state index is 13.7. The van der Waals surface area contributed by atoms with Crippen LogP contribution in [0.1, 0.15) is 294 Å². The number of carbonyl (C=O) groups excluding carboxylic acids is 4. The summed E-state index contributed by atoms with van der Waals surface area (Å²) in [5, 5.41) is 31.0. The number of hydrogen-bond acceptors (Lipinski definition) is 23. The Kier molecular flexibility index (Phi) is 52.0. The summed E-state index contributed by atoms with van der Waals surface area (Å²) in [6, 6.07) is 7.24. The van der Waals surface area contributed by atoms with Crippen LogP contribution in [0.2, 0.25) is 0 Å². The molecule has 9 N–H and O–H groups in total. The number of esters is 2. The molecule has 0 aliphatic carbocycles. The summed E-state index contributed by atoms with van der Waals surface area (Å²) in [5.41, 5.74) is 1.83. The van der Waals surface area contributed by atoms with Gasteiger partial charge in [0.25, 0.3) is 10.9 Å². The topological polar surface area (TPSA) is 356 Å². The second kappa shape index (κ2) is 59.1. The molecule has 28 heteroatoms. The molecule has 0 saturated carbocycles. The van der Waals surface area contributed by atoms with Gasteiger partial charge in [-0.2, -0.15) is 0 Å². The Labute approximate surface area is 658 Å². The highest BCUT2D eigenvalue weighted by atomic mass is 32.2. The van der Waals surface area contributed by atoms with E-state index in [0.29, 0.717) is 68.4 Å². The zero-order chi connectivity index (χ0) is 79.9. The Morgan fingerprint density at radius 3 is 1.76 bits per heavy atom. The Morgan fingerprint density at radius 1 is 0.618 bits per heavy atom. The number of aliphatic hydroxyl groups is 1. The van der Waals surface area contributed by atoms with Gasteiger partial charge in [0.05, 0.1) is 51.1 Å². The van der Waals surface area contributed by atoms with Crippen LogP contribution in [0.5, 0.6) is 5.75 Å². The van der Waals surface area contributed by atoms with Crippen LogP contribution in [-0.4, -0.2) is 157 Å². The van der Waals surface area contributed by atoms with Gasteiger partial charge in [-0.25, -0.2) is 22.8 Å². The molecule has 110 heavy (non-hydrogen) atoms. The fourth-order valence-corrected chi connectivity index (χ4v) is 15.8. The fourth-order valence-electron chi connectivity index (χ4n) is 13.4. The minimum absolute atomic E-state index is 0.0390. The number of phosphoric ester groups is 1. The van der Waals surface area contributed by atoms with Crippen molar-refractivity contribution in [3.63, 3.8) is 0 Å². The van der Waals surface area contributed by atoms with Crippen molar-refractivity contribution in [1.29, 1.82) is 0 Å². The highest BCUT2D eigenvalue weighted by molar-refractivity contribution is 7.91. The highest BCUT2D eigenvalue weighted by Gasteiger charge is 2.29. The predicted molar refractivity (Wildman–Crippen MR) is 435 cm³/mol. The van der Waals surface area contributed by atoms with Gasteiger partial charge in [-0.05, 0) is 126 Å². The molecule has 1 aromatic heterocycles. The summed E-state index contributed by atoms with van der Waals surface area (Å²) in [7, 11) is -7.46. The van der Waals surface area contributed by atoms with Crippen LogP contribution in [-0.2, 0) is 74.4 Å². The second-order valence-electron chi connectivity index (χ2n) is 29.6. The van der Waals surface area contributed by atoms with Gasteiger partial charge in [0.1, 0.15) is 34.9 Å². The first-order chi connectivity index (χ1) is 53.2. The van der Waals surface area contributed by atoms with E-state index in [1.165, 1.54) is 153 Å². The van der Waals surface area contributed by atoms with Crippen molar-refractivity contribution < 1.29 is 74.9 Å². The molecule has 2 amide bonds. The van der Waals surface area contributed by atoms with Crippen LogP contribution in [0.15, 0.2) is 38.8 Å². The van der Waals surface area contributed by atoms with E-state index < -0.39 is 77.4 Å². The molecule has 0 saturated heterocycles. The van der Waals surface area contributed by atoms with E-state index in [1.807, 2.05) is 13.0 Å². The number of fused-ring (bicyclic) bond motifs is 1. The number of benzene rings is 1. The highest BCUT2D eigenvalue weighted by Crippen LogP contribution is 2.43.